The van der Waals surface area contributed by atoms with Gasteiger partial charge in [0, 0.05) is 15.9 Å². The zero-order valence-corrected chi connectivity index (χ0v) is 11.0. The molecular weight excluding hydrogens is 294 g/mol. The minimum absolute atomic E-state index is 0.745. The molecule has 15 heavy (non-hydrogen) atoms. The molecule has 0 bridgehead atoms. The second kappa shape index (κ2) is 5.01. The van der Waals surface area contributed by atoms with Crippen molar-refractivity contribution in [2.45, 2.75) is 6.54 Å². The van der Waals surface area contributed by atoms with E-state index in [2.05, 4.69) is 32.7 Å². The van der Waals surface area contributed by atoms with Crippen molar-refractivity contribution in [2.75, 3.05) is 5.32 Å². The summed E-state index contributed by atoms with van der Waals surface area (Å²) in [6.45, 7) is 0.813. The smallest absolute Gasteiger partial charge is 0.0638 e. The van der Waals surface area contributed by atoms with Crippen molar-refractivity contribution < 1.29 is 0 Å². The second-order valence-electron chi connectivity index (χ2n) is 3.06. The molecule has 2 aromatic rings. The largest absolute Gasteiger partial charge is 0.379 e. The first kappa shape index (κ1) is 11.0. The lowest BCUT2D eigenvalue weighted by Crippen LogP contribution is -1.97. The molecule has 1 aromatic heterocycles. The summed E-state index contributed by atoms with van der Waals surface area (Å²) in [5.74, 6) is 0. The molecule has 1 heterocycles. The highest BCUT2D eigenvalue weighted by Crippen LogP contribution is 2.26. The second-order valence-corrected chi connectivity index (χ2v) is 5.41. The molecule has 0 unspecified atom stereocenters. The third-order valence-electron chi connectivity index (χ3n) is 1.96. The van der Waals surface area contributed by atoms with Gasteiger partial charge in [0.25, 0.3) is 0 Å². The standard InChI is InChI=1S/C11H9BrClNS/c12-8-3-4-10(13)11(6-8)14-7-9-2-1-5-15-9/h1-6,14H,7H2. The van der Waals surface area contributed by atoms with Crippen molar-refractivity contribution >= 4 is 44.6 Å². The Labute approximate surface area is 106 Å². The number of thiophene rings is 1. The van der Waals surface area contributed by atoms with Gasteiger partial charge in [0.1, 0.15) is 0 Å². The third-order valence-corrected chi connectivity index (χ3v) is 3.66. The summed E-state index contributed by atoms with van der Waals surface area (Å²) in [5.41, 5.74) is 0.958. The van der Waals surface area contributed by atoms with E-state index < -0.39 is 0 Å². The normalized spacial score (nSPS) is 10.3. The Morgan fingerprint density at radius 3 is 2.93 bits per heavy atom. The predicted molar refractivity (Wildman–Crippen MR) is 70.8 cm³/mol. The molecule has 2 rings (SSSR count). The summed E-state index contributed by atoms with van der Waals surface area (Å²) in [5, 5.41) is 6.12. The van der Waals surface area contributed by atoms with Gasteiger partial charge < -0.3 is 5.32 Å². The van der Waals surface area contributed by atoms with Crippen molar-refractivity contribution in [3.05, 3.63) is 50.1 Å². The first-order valence-electron chi connectivity index (χ1n) is 4.47. The molecule has 0 atom stereocenters. The van der Waals surface area contributed by atoms with Gasteiger partial charge in [-0.1, -0.05) is 33.6 Å². The molecule has 0 aliphatic rings. The molecule has 0 aliphatic heterocycles. The molecule has 1 aromatic carbocycles. The molecule has 78 valence electrons. The Hall–Kier alpha value is -0.510. The number of anilines is 1. The number of rotatable bonds is 3. The molecule has 0 radical (unpaired) electrons. The summed E-state index contributed by atoms with van der Waals surface area (Å²) in [4.78, 5) is 1.30. The molecule has 4 heteroatoms. The van der Waals surface area contributed by atoms with Crippen LogP contribution < -0.4 is 5.32 Å². The van der Waals surface area contributed by atoms with E-state index in [9.17, 15) is 0 Å². The highest BCUT2D eigenvalue weighted by atomic mass is 79.9. The summed E-state index contributed by atoms with van der Waals surface area (Å²) < 4.78 is 1.03. The lowest BCUT2D eigenvalue weighted by atomic mass is 10.3. The number of nitrogens with one attached hydrogen (secondary N) is 1. The van der Waals surface area contributed by atoms with Crippen LogP contribution in [-0.4, -0.2) is 0 Å². The Kier molecular flexibility index (Phi) is 3.67. The van der Waals surface area contributed by atoms with Gasteiger partial charge in [0.15, 0.2) is 0 Å². The molecule has 0 aliphatic carbocycles. The van der Waals surface area contributed by atoms with Gasteiger partial charge in [-0.2, -0.15) is 0 Å². The minimum atomic E-state index is 0.745. The van der Waals surface area contributed by atoms with Crippen LogP contribution in [0.3, 0.4) is 0 Å². The quantitative estimate of drug-likeness (QED) is 0.860. The lowest BCUT2D eigenvalue weighted by Gasteiger charge is -2.07. The van der Waals surface area contributed by atoms with Crippen molar-refractivity contribution in [2.24, 2.45) is 0 Å². The van der Waals surface area contributed by atoms with Gasteiger partial charge >= 0.3 is 0 Å². The summed E-state index contributed by atoms with van der Waals surface area (Å²) in [6, 6.07) is 9.94. The predicted octanol–water partition coefficient (Wildman–Crippen LogP) is 4.78. The van der Waals surface area contributed by atoms with Gasteiger partial charge in [0.2, 0.25) is 0 Å². The van der Waals surface area contributed by atoms with Crippen LogP contribution in [0, 0.1) is 0 Å². The zero-order valence-electron chi connectivity index (χ0n) is 7.84. The third kappa shape index (κ3) is 2.97. The molecule has 0 fully saturated rings. The van der Waals surface area contributed by atoms with Gasteiger partial charge in [-0.25, -0.2) is 0 Å². The average molecular weight is 303 g/mol. The molecular formula is C11H9BrClNS. The maximum Gasteiger partial charge on any atom is 0.0638 e. The van der Waals surface area contributed by atoms with E-state index in [1.807, 2.05) is 24.3 Å². The Morgan fingerprint density at radius 2 is 2.20 bits per heavy atom. The topological polar surface area (TPSA) is 12.0 Å². The van der Waals surface area contributed by atoms with Crippen LogP contribution in [-0.2, 0) is 6.54 Å². The molecule has 0 saturated carbocycles. The fourth-order valence-corrected chi connectivity index (χ4v) is 2.42. The maximum atomic E-state index is 6.06. The monoisotopic (exact) mass is 301 g/mol. The van der Waals surface area contributed by atoms with E-state index in [0.717, 1.165) is 21.7 Å². The number of halogens is 2. The van der Waals surface area contributed by atoms with Gasteiger partial charge in [-0.05, 0) is 29.6 Å². The number of hydrogen-bond acceptors (Lipinski definition) is 2. The molecule has 1 N–H and O–H groups in total. The van der Waals surface area contributed by atoms with Crippen LogP contribution in [0.2, 0.25) is 5.02 Å². The SMILES string of the molecule is Clc1ccc(Br)cc1NCc1cccs1. The molecule has 0 spiro atoms. The van der Waals surface area contributed by atoms with E-state index in [4.69, 9.17) is 11.6 Å². The van der Waals surface area contributed by atoms with Gasteiger partial charge in [-0.15, -0.1) is 11.3 Å². The fraction of sp³-hybridized carbons (Fsp3) is 0.0909. The van der Waals surface area contributed by atoms with Crippen molar-refractivity contribution in [1.29, 1.82) is 0 Å². The van der Waals surface area contributed by atoms with E-state index in [1.165, 1.54) is 4.88 Å². The summed E-state index contributed by atoms with van der Waals surface area (Å²) in [6.07, 6.45) is 0. The highest BCUT2D eigenvalue weighted by molar-refractivity contribution is 9.10. The lowest BCUT2D eigenvalue weighted by molar-refractivity contribution is 1.19. The van der Waals surface area contributed by atoms with E-state index in [1.54, 1.807) is 11.3 Å². The Morgan fingerprint density at radius 1 is 1.33 bits per heavy atom. The first-order valence-corrected chi connectivity index (χ1v) is 6.52. The first-order chi connectivity index (χ1) is 7.25. The average Bonchev–Trinajstić information content (AvgIpc) is 2.72. The fourth-order valence-electron chi connectivity index (χ4n) is 1.23. The van der Waals surface area contributed by atoms with Crippen molar-refractivity contribution in [1.82, 2.24) is 0 Å². The van der Waals surface area contributed by atoms with Crippen LogP contribution in [0.4, 0.5) is 5.69 Å². The number of benzene rings is 1. The van der Waals surface area contributed by atoms with Gasteiger partial charge in [0.05, 0.1) is 10.7 Å². The Bertz CT molecular complexity index is 442. The van der Waals surface area contributed by atoms with E-state index in [-0.39, 0.29) is 0 Å². The zero-order chi connectivity index (χ0) is 10.7. The van der Waals surface area contributed by atoms with E-state index in [0.29, 0.717) is 0 Å². The van der Waals surface area contributed by atoms with Gasteiger partial charge in [-0.3, -0.25) is 0 Å². The van der Waals surface area contributed by atoms with Crippen LogP contribution in [0.25, 0.3) is 0 Å². The van der Waals surface area contributed by atoms with Crippen LogP contribution in [0.15, 0.2) is 40.2 Å². The summed E-state index contributed by atoms with van der Waals surface area (Å²) >= 11 is 11.2. The maximum absolute atomic E-state index is 6.06. The number of hydrogen-bond donors (Lipinski definition) is 1. The molecule has 1 nitrogen and oxygen atoms in total. The minimum Gasteiger partial charge on any atom is -0.379 e. The highest BCUT2D eigenvalue weighted by Gasteiger charge is 2.00. The summed E-state index contributed by atoms with van der Waals surface area (Å²) in [7, 11) is 0. The Balaban J connectivity index is 2.07. The van der Waals surface area contributed by atoms with Crippen LogP contribution in [0.5, 0.6) is 0 Å². The van der Waals surface area contributed by atoms with Crippen molar-refractivity contribution in [3.63, 3.8) is 0 Å². The van der Waals surface area contributed by atoms with Crippen LogP contribution in [0.1, 0.15) is 4.88 Å². The van der Waals surface area contributed by atoms with Crippen LogP contribution >= 0.6 is 38.9 Å². The molecule has 0 amide bonds. The van der Waals surface area contributed by atoms with E-state index >= 15 is 0 Å². The van der Waals surface area contributed by atoms with Crippen molar-refractivity contribution in [3.8, 4) is 0 Å². The molecule has 0 saturated heterocycles.